The number of piperidine rings is 1. The quantitative estimate of drug-likeness (QED) is 0.0780. The first-order valence-electron chi connectivity index (χ1n) is 21.1. The Morgan fingerprint density at radius 3 is 2.36 bits per heavy atom. The number of fused-ring (bicyclic) bond motifs is 7. The molecular weight excluding hydrogens is 823 g/mol. The van der Waals surface area contributed by atoms with Crippen molar-refractivity contribution in [3.05, 3.63) is 119 Å². The summed E-state index contributed by atoms with van der Waals surface area (Å²) in [6.07, 6.45) is 8.57. The number of pyridine rings is 1. The molecule has 3 aromatic carbocycles. The number of hydrogen-bond donors (Lipinski definition) is 3. The fourth-order valence-corrected chi connectivity index (χ4v) is 9.56. The van der Waals surface area contributed by atoms with Crippen LogP contribution in [-0.2, 0) is 41.8 Å². The number of amides is 7. The van der Waals surface area contributed by atoms with Crippen LogP contribution in [0.4, 0.5) is 17.1 Å². The number of anilines is 3. The summed E-state index contributed by atoms with van der Waals surface area (Å²) in [7, 11) is 0. The van der Waals surface area contributed by atoms with Crippen LogP contribution in [0.5, 0.6) is 0 Å². The topological polar surface area (TPSA) is 224 Å². The van der Waals surface area contributed by atoms with Crippen LogP contribution in [0.25, 0.3) is 10.9 Å². The molecule has 7 amide bonds. The smallest absolute Gasteiger partial charge is 0.264 e. The van der Waals surface area contributed by atoms with E-state index in [9.17, 15) is 33.6 Å². The van der Waals surface area contributed by atoms with Gasteiger partial charge in [-0.1, -0.05) is 35.6 Å². The summed E-state index contributed by atoms with van der Waals surface area (Å²) < 4.78 is 13.1. The number of imide groups is 3. The van der Waals surface area contributed by atoms with Crippen molar-refractivity contribution in [1.82, 2.24) is 30.2 Å². The Kier molecular flexibility index (Phi) is 10.6. The van der Waals surface area contributed by atoms with Crippen molar-refractivity contribution in [2.45, 2.75) is 38.5 Å². The van der Waals surface area contributed by atoms with Gasteiger partial charge < -0.3 is 20.1 Å². The SMILES string of the molecule is O=C1CCC(N2C(=O)c3cccc(NCCOCCOCc4cn(Cc5ccnc6c(NC(=O)c7ccc(N8C(=O)[C@@H]9[C@@H]%10C=CC(C%10)[C@@H]9C8=O)cc7)cccc56)nn4)c3C2=O)C(=O)N1. The van der Waals surface area contributed by atoms with Crippen molar-refractivity contribution < 1.29 is 43.0 Å². The first-order chi connectivity index (χ1) is 31.1. The Hall–Kier alpha value is -7.44. The maximum absolute atomic E-state index is 13.4. The summed E-state index contributed by atoms with van der Waals surface area (Å²) in [6, 6.07) is 17.8. The predicted octanol–water partition coefficient (Wildman–Crippen LogP) is 3.48. The molecule has 3 N–H and O–H groups in total. The summed E-state index contributed by atoms with van der Waals surface area (Å²) in [5, 5.41) is 17.6. The predicted molar refractivity (Wildman–Crippen MR) is 228 cm³/mol. The number of ether oxygens (including phenoxy) is 2. The molecule has 2 bridgehead atoms. The van der Waals surface area contributed by atoms with Gasteiger partial charge in [-0.15, -0.1) is 5.10 Å². The van der Waals surface area contributed by atoms with Gasteiger partial charge in [0.05, 0.1) is 79.0 Å². The highest BCUT2D eigenvalue weighted by atomic mass is 16.5. The fourth-order valence-electron chi connectivity index (χ4n) is 9.56. The molecule has 2 aromatic heterocycles. The Balaban J connectivity index is 0.682. The second-order valence-corrected chi connectivity index (χ2v) is 16.4. The van der Waals surface area contributed by atoms with Crippen LogP contribution in [-0.4, -0.2) is 98.6 Å². The molecule has 2 aliphatic carbocycles. The van der Waals surface area contributed by atoms with E-state index in [0.29, 0.717) is 46.9 Å². The molecule has 324 valence electrons. The molecule has 3 aliphatic heterocycles. The zero-order chi connectivity index (χ0) is 44.1. The first kappa shape index (κ1) is 40.6. The summed E-state index contributed by atoms with van der Waals surface area (Å²) >= 11 is 0. The first-order valence-corrected chi connectivity index (χ1v) is 21.1. The third-order valence-corrected chi connectivity index (χ3v) is 12.5. The van der Waals surface area contributed by atoms with Crippen molar-refractivity contribution >= 4 is 69.3 Å². The number of aromatic nitrogens is 4. The Labute approximate surface area is 365 Å². The van der Waals surface area contributed by atoms with Crippen LogP contribution in [0.15, 0.2) is 91.3 Å². The summed E-state index contributed by atoms with van der Waals surface area (Å²) in [5.41, 5.74) is 4.30. The molecule has 18 nitrogen and oxygen atoms in total. The average Bonchev–Trinajstić information content (AvgIpc) is 4.13. The minimum atomic E-state index is -1.04. The van der Waals surface area contributed by atoms with Gasteiger partial charge >= 0.3 is 0 Å². The lowest BCUT2D eigenvalue weighted by Gasteiger charge is -2.27. The number of carbonyl (C=O) groups excluding carboxylic acids is 7. The van der Waals surface area contributed by atoms with Crippen molar-refractivity contribution in [3.8, 4) is 0 Å². The van der Waals surface area contributed by atoms with Crippen LogP contribution >= 0.6 is 0 Å². The van der Waals surface area contributed by atoms with Gasteiger partial charge in [-0.2, -0.15) is 0 Å². The molecule has 5 heterocycles. The van der Waals surface area contributed by atoms with E-state index in [0.717, 1.165) is 22.3 Å². The number of allylic oxidation sites excluding steroid dienone is 2. The third kappa shape index (κ3) is 7.29. The highest BCUT2D eigenvalue weighted by Crippen LogP contribution is 2.53. The van der Waals surface area contributed by atoms with Crippen LogP contribution in [0.1, 0.15) is 61.6 Å². The Morgan fingerprint density at radius 2 is 1.58 bits per heavy atom. The zero-order valence-electron chi connectivity index (χ0n) is 34.3. The Morgan fingerprint density at radius 1 is 0.828 bits per heavy atom. The summed E-state index contributed by atoms with van der Waals surface area (Å²) in [6.45, 7) is 1.78. The lowest BCUT2D eigenvalue weighted by Crippen LogP contribution is -2.54. The molecule has 5 aliphatic rings. The van der Waals surface area contributed by atoms with Crippen LogP contribution in [0, 0.1) is 23.7 Å². The molecule has 5 aromatic rings. The number of nitrogens with one attached hydrogen (secondary N) is 3. The molecule has 18 heteroatoms. The minimum Gasteiger partial charge on any atom is -0.382 e. The van der Waals surface area contributed by atoms with Gasteiger partial charge in [0.15, 0.2) is 0 Å². The fraction of sp³-hybridized carbons (Fsp3) is 0.304. The van der Waals surface area contributed by atoms with Crippen LogP contribution < -0.4 is 20.9 Å². The molecule has 0 radical (unpaired) electrons. The monoisotopic (exact) mass is 863 g/mol. The molecular formula is C46H41N9O9. The van der Waals surface area contributed by atoms with E-state index < -0.39 is 29.7 Å². The molecule has 2 saturated heterocycles. The van der Waals surface area contributed by atoms with E-state index in [1.165, 1.54) is 4.90 Å². The molecule has 64 heavy (non-hydrogen) atoms. The van der Waals surface area contributed by atoms with Gasteiger partial charge in [-0.3, -0.25) is 53.7 Å². The van der Waals surface area contributed by atoms with Gasteiger partial charge in [0, 0.05) is 35.8 Å². The summed E-state index contributed by atoms with van der Waals surface area (Å²) in [4.78, 5) is 97.1. The maximum atomic E-state index is 13.4. The molecule has 5 atom stereocenters. The van der Waals surface area contributed by atoms with E-state index in [-0.39, 0.29) is 91.8 Å². The normalized spacial score (nSPS) is 22.2. The third-order valence-electron chi connectivity index (χ3n) is 12.5. The van der Waals surface area contributed by atoms with Crippen molar-refractivity contribution in [3.63, 3.8) is 0 Å². The lowest BCUT2D eigenvalue weighted by atomic mass is 9.85. The molecule has 0 spiro atoms. The van der Waals surface area contributed by atoms with Gasteiger partial charge in [0.1, 0.15) is 11.7 Å². The standard InChI is InChI=1S/C46H41N9O9/c56-36-14-13-35(42(58)50-36)55-43(59)32-4-2-5-33(39(32)46(55)62)47-17-18-63-19-20-64-24-29-23-53(52-51-29)22-28-15-16-48-40-31(28)3-1-6-34(40)49-41(57)25-9-11-30(12-10-25)54-44(60)37-26-7-8-27(21-26)38(37)45(54)61/h1-12,15-16,23,26-27,35,37-38,47H,13-14,17-22,24H2,(H,49,57)(H,50,56,58)/t26-,27?,35?,37-,38+/m1/s1. The number of nitrogens with zero attached hydrogens (tertiary/aromatic N) is 6. The van der Waals surface area contributed by atoms with Gasteiger partial charge in [-0.05, 0) is 78.8 Å². The maximum Gasteiger partial charge on any atom is 0.264 e. The van der Waals surface area contributed by atoms with Gasteiger partial charge in [-0.25, -0.2) is 4.68 Å². The molecule has 2 unspecified atom stereocenters. The minimum absolute atomic E-state index is 0.0451. The van der Waals surface area contributed by atoms with Crippen LogP contribution in [0.3, 0.4) is 0 Å². The van der Waals surface area contributed by atoms with Crippen LogP contribution in [0.2, 0.25) is 0 Å². The number of hydrogen-bond acceptors (Lipinski definition) is 13. The van der Waals surface area contributed by atoms with Crippen molar-refractivity contribution in [2.24, 2.45) is 23.7 Å². The second-order valence-electron chi connectivity index (χ2n) is 16.4. The highest BCUT2D eigenvalue weighted by Gasteiger charge is 2.59. The van der Waals surface area contributed by atoms with Crippen molar-refractivity contribution in [1.29, 1.82) is 0 Å². The van der Waals surface area contributed by atoms with E-state index in [4.69, 9.17) is 9.47 Å². The highest BCUT2D eigenvalue weighted by molar-refractivity contribution is 6.26. The number of para-hydroxylation sites is 1. The second kappa shape index (κ2) is 16.7. The van der Waals surface area contributed by atoms with E-state index in [1.54, 1.807) is 65.6 Å². The Bertz CT molecular complexity index is 2770. The number of benzene rings is 3. The summed E-state index contributed by atoms with van der Waals surface area (Å²) in [5.74, 6) is -3.29. The van der Waals surface area contributed by atoms with E-state index in [1.807, 2.05) is 18.2 Å². The largest absolute Gasteiger partial charge is 0.382 e. The van der Waals surface area contributed by atoms with Crippen molar-refractivity contribution in [2.75, 3.05) is 41.9 Å². The van der Waals surface area contributed by atoms with Gasteiger partial charge in [0.25, 0.3) is 17.7 Å². The van der Waals surface area contributed by atoms with E-state index >= 15 is 0 Å². The molecule has 3 fully saturated rings. The average molecular weight is 864 g/mol. The lowest BCUT2D eigenvalue weighted by molar-refractivity contribution is -0.136. The van der Waals surface area contributed by atoms with Gasteiger partial charge in [0.2, 0.25) is 23.6 Å². The molecule has 1 saturated carbocycles. The number of carbonyl (C=O) groups is 7. The number of rotatable bonds is 15. The molecule has 10 rings (SSSR count). The van der Waals surface area contributed by atoms with E-state index in [2.05, 4.69) is 43.4 Å². The zero-order valence-corrected chi connectivity index (χ0v) is 34.3.